The van der Waals surface area contributed by atoms with Crippen molar-refractivity contribution in [3.05, 3.63) is 24.0 Å². The zero-order valence-electron chi connectivity index (χ0n) is 8.52. The van der Waals surface area contributed by atoms with Gasteiger partial charge in [-0.05, 0) is 12.5 Å². The second-order valence-electron chi connectivity index (χ2n) is 3.46. The maximum Gasteiger partial charge on any atom is 0.101 e. The van der Waals surface area contributed by atoms with Crippen molar-refractivity contribution in [1.82, 2.24) is 4.98 Å². The molecule has 0 aromatic carbocycles. The fourth-order valence-electron chi connectivity index (χ4n) is 1.72. The molecule has 0 atom stereocenters. The molecule has 0 saturated carbocycles. The summed E-state index contributed by atoms with van der Waals surface area (Å²) in [5, 5.41) is 8.98. The van der Waals surface area contributed by atoms with Crippen LogP contribution in [0.15, 0.2) is 18.5 Å². The molecule has 1 aromatic rings. The number of rotatable bonds is 1. The van der Waals surface area contributed by atoms with Crippen molar-refractivity contribution in [3.63, 3.8) is 0 Å². The Morgan fingerprint density at radius 1 is 1.40 bits per heavy atom. The van der Waals surface area contributed by atoms with E-state index in [4.69, 9.17) is 10.00 Å². The third-order valence-corrected chi connectivity index (χ3v) is 2.48. The summed E-state index contributed by atoms with van der Waals surface area (Å²) < 4.78 is 5.37. The largest absolute Gasteiger partial charge is 0.380 e. The predicted octanol–water partition coefficient (Wildman–Crippen LogP) is 1.18. The highest BCUT2D eigenvalue weighted by molar-refractivity contribution is 5.57. The standard InChI is InChI=1S/C11H13N3O/c12-8-10-2-3-13-9-11(10)14-4-1-6-15-7-5-14/h2-3,9H,1,4-7H2. The summed E-state index contributed by atoms with van der Waals surface area (Å²) in [5.41, 5.74) is 1.61. The molecule has 1 saturated heterocycles. The molecule has 1 aromatic heterocycles. The number of pyridine rings is 1. The minimum atomic E-state index is 0.687. The number of anilines is 1. The van der Waals surface area contributed by atoms with E-state index in [9.17, 15) is 0 Å². The normalized spacial score (nSPS) is 16.9. The van der Waals surface area contributed by atoms with Crippen LogP contribution < -0.4 is 4.90 Å². The van der Waals surface area contributed by atoms with Crippen LogP contribution in [-0.2, 0) is 4.74 Å². The Labute approximate surface area is 89.1 Å². The highest BCUT2D eigenvalue weighted by atomic mass is 16.5. The van der Waals surface area contributed by atoms with E-state index in [-0.39, 0.29) is 0 Å². The van der Waals surface area contributed by atoms with Gasteiger partial charge in [-0.15, -0.1) is 0 Å². The Kier molecular flexibility index (Phi) is 3.15. The van der Waals surface area contributed by atoms with Gasteiger partial charge in [0.05, 0.1) is 24.1 Å². The summed E-state index contributed by atoms with van der Waals surface area (Å²) in [6.07, 6.45) is 4.40. The van der Waals surface area contributed by atoms with E-state index in [0.29, 0.717) is 5.56 Å². The van der Waals surface area contributed by atoms with Crippen LogP contribution in [0.4, 0.5) is 5.69 Å². The van der Waals surface area contributed by atoms with Crippen LogP contribution in [0.3, 0.4) is 0 Å². The molecule has 0 N–H and O–H groups in total. The van der Waals surface area contributed by atoms with Crippen LogP contribution in [0.25, 0.3) is 0 Å². The first-order chi connectivity index (χ1) is 7.42. The van der Waals surface area contributed by atoms with E-state index < -0.39 is 0 Å². The minimum absolute atomic E-state index is 0.687. The fraction of sp³-hybridized carbons (Fsp3) is 0.455. The summed E-state index contributed by atoms with van der Waals surface area (Å²) in [4.78, 5) is 6.23. The minimum Gasteiger partial charge on any atom is -0.380 e. The number of hydrogen-bond donors (Lipinski definition) is 0. The molecule has 2 rings (SSSR count). The van der Waals surface area contributed by atoms with Gasteiger partial charge >= 0.3 is 0 Å². The number of hydrogen-bond acceptors (Lipinski definition) is 4. The molecule has 0 amide bonds. The lowest BCUT2D eigenvalue weighted by atomic mass is 10.2. The maximum absolute atomic E-state index is 8.98. The Bertz CT molecular complexity index is 364. The maximum atomic E-state index is 8.98. The molecule has 1 aliphatic heterocycles. The first-order valence-corrected chi connectivity index (χ1v) is 5.08. The number of nitriles is 1. The highest BCUT2D eigenvalue weighted by Gasteiger charge is 2.13. The summed E-state index contributed by atoms with van der Waals surface area (Å²) in [5.74, 6) is 0. The van der Waals surface area contributed by atoms with Gasteiger partial charge in [-0.3, -0.25) is 4.98 Å². The van der Waals surface area contributed by atoms with Crippen molar-refractivity contribution >= 4 is 5.69 Å². The Hall–Kier alpha value is -1.60. The van der Waals surface area contributed by atoms with Crippen LogP contribution in [0, 0.1) is 11.3 Å². The smallest absolute Gasteiger partial charge is 0.101 e. The van der Waals surface area contributed by atoms with Gasteiger partial charge in [0.25, 0.3) is 0 Å². The van der Waals surface area contributed by atoms with E-state index in [1.54, 1.807) is 18.5 Å². The molecule has 4 nitrogen and oxygen atoms in total. The molecule has 78 valence electrons. The first-order valence-electron chi connectivity index (χ1n) is 5.08. The molecular formula is C11H13N3O. The van der Waals surface area contributed by atoms with E-state index >= 15 is 0 Å². The third-order valence-electron chi connectivity index (χ3n) is 2.48. The number of nitrogens with zero attached hydrogens (tertiary/aromatic N) is 3. The van der Waals surface area contributed by atoms with Gasteiger partial charge in [-0.2, -0.15) is 5.26 Å². The lowest BCUT2D eigenvalue weighted by Crippen LogP contribution is -2.26. The molecule has 0 aliphatic carbocycles. The molecule has 1 fully saturated rings. The van der Waals surface area contributed by atoms with Gasteiger partial charge in [0.15, 0.2) is 0 Å². The first kappa shape index (κ1) is 9.94. The quantitative estimate of drug-likeness (QED) is 0.687. The second-order valence-corrected chi connectivity index (χ2v) is 3.46. The predicted molar refractivity (Wildman–Crippen MR) is 56.6 cm³/mol. The molecule has 15 heavy (non-hydrogen) atoms. The Morgan fingerprint density at radius 3 is 3.20 bits per heavy atom. The fourth-order valence-corrected chi connectivity index (χ4v) is 1.72. The van der Waals surface area contributed by atoms with Crippen molar-refractivity contribution in [2.24, 2.45) is 0 Å². The molecule has 0 unspecified atom stereocenters. The molecular weight excluding hydrogens is 190 g/mol. The molecule has 4 heteroatoms. The van der Waals surface area contributed by atoms with Crippen molar-refractivity contribution in [2.75, 3.05) is 31.2 Å². The lowest BCUT2D eigenvalue weighted by molar-refractivity contribution is 0.152. The van der Waals surface area contributed by atoms with E-state index in [1.165, 1.54) is 0 Å². The van der Waals surface area contributed by atoms with E-state index in [1.807, 2.05) is 0 Å². The van der Waals surface area contributed by atoms with Crippen molar-refractivity contribution < 1.29 is 4.74 Å². The van der Waals surface area contributed by atoms with Gasteiger partial charge in [0.1, 0.15) is 6.07 Å². The number of ether oxygens (including phenoxy) is 1. The molecule has 0 radical (unpaired) electrons. The van der Waals surface area contributed by atoms with Crippen molar-refractivity contribution in [3.8, 4) is 6.07 Å². The van der Waals surface area contributed by atoms with Gasteiger partial charge in [-0.1, -0.05) is 0 Å². The Morgan fingerprint density at radius 2 is 2.33 bits per heavy atom. The van der Waals surface area contributed by atoms with Gasteiger partial charge in [0.2, 0.25) is 0 Å². The van der Waals surface area contributed by atoms with Crippen LogP contribution in [0.2, 0.25) is 0 Å². The molecule has 0 spiro atoms. The summed E-state index contributed by atoms with van der Waals surface area (Å²) in [6, 6.07) is 3.94. The average molecular weight is 203 g/mol. The molecule has 0 bridgehead atoms. The third kappa shape index (κ3) is 2.25. The van der Waals surface area contributed by atoms with Crippen LogP contribution in [-0.4, -0.2) is 31.3 Å². The van der Waals surface area contributed by atoms with Crippen LogP contribution in [0.5, 0.6) is 0 Å². The van der Waals surface area contributed by atoms with Crippen molar-refractivity contribution in [2.45, 2.75) is 6.42 Å². The van der Waals surface area contributed by atoms with E-state index in [0.717, 1.165) is 38.4 Å². The second kappa shape index (κ2) is 4.76. The summed E-state index contributed by atoms with van der Waals surface area (Å²) >= 11 is 0. The highest BCUT2D eigenvalue weighted by Crippen LogP contribution is 2.19. The van der Waals surface area contributed by atoms with Crippen LogP contribution in [0.1, 0.15) is 12.0 Å². The molecule has 2 heterocycles. The topological polar surface area (TPSA) is 49.2 Å². The SMILES string of the molecule is N#Cc1ccncc1N1CCCOCC1. The lowest BCUT2D eigenvalue weighted by Gasteiger charge is -2.22. The van der Waals surface area contributed by atoms with Gasteiger partial charge in [-0.25, -0.2) is 0 Å². The van der Waals surface area contributed by atoms with E-state index in [2.05, 4.69) is 16.0 Å². The summed E-state index contributed by atoms with van der Waals surface area (Å²) in [7, 11) is 0. The summed E-state index contributed by atoms with van der Waals surface area (Å²) in [6.45, 7) is 3.29. The zero-order chi connectivity index (χ0) is 10.5. The zero-order valence-corrected chi connectivity index (χ0v) is 8.52. The van der Waals surface area contributed by atoms with Crippen LogP contribution >= 0.6 is 0 Å². The van der Waals surface area contributed by atoms with Crippen molar-refractivity contribution in [1.29, 1.82) is 5.26 Å². The monoisotopic (exact) mass is 203 g/mol. The average Bonchev–Trinajstić information content (AvgIpc) is 2.57. The molecule has 1 aliphatic rings. The van der Waals surface area contributed by atoms with Gasteiger partial charge in [0, 0.05) is 25.9 Å². The Balaban J connectivity index is 2.23. The number of aromatic nitrogens is 1. The van der Waals surface area contributed by atoms with Gasteiger partial charge < -0.3 is 9.64 Å².